The number of ether oxygens (including phenoxy) is 1. The highest BCUT2D eigenvalue weighted by atomic mass is 32.1. The van der Waals surface area contributed by atoms with E-state index in [1.807, 2.05) is 0 Å². The highest BCUT2D eigenvalue weighted by Gasteiger charge is 2.31. The lowest BCUT2D eigenvalue weighted by Gasteiger charge is -2.33. The van der Waals surface area contributed by atoms with Crippen molar-refractivity contribution in [1.82, 2.24) is 15.0 Å². The minimum atomic E-state index is -0.162. The average molecular weight is 399 g/mol. The minimum absolute atomic E-state index is 0.162. The smallest absolute Gasteiger partial charge is 0.147 e. The molecule has 0 amide bonds. The molecule has 0 aromatic carbocycles. The van der Waals surface area contributed by atoms with E-state index >= 15 is 0 Å². The van der Waals surface area contributed by atoms with Crippen LogP contribution in [0.2, 0.25) is 0 Å². The van der Waals surface area contributed by atoms with E-state index in [9.17, 15) is 0 Å². The molecule has 3 aromatic heterocycles. The Labute approximate surface area is 170 Å². The Bertz CT molecular complexity index is 1010. The van der Waals surface area contributed by atoms with Crippen LogP contribution in [-0.2, 0) is 24.2 Å². The zero-order chi connectivity index (χ0) is 19.9. The summed E-state index contributed by atoms with van der Waals surface area (Å²) < 4.78 is 7.25. The van der Waals surface area contributed by atoms with E-state index in [1.165, 1.54) is 22.2 Å². The van der Waals surface area contributed by atoms with Gasteiger partial charge in [0.25, 0.3) is 0 Å². The predicted octanol–water partition coefficient (Wildman–Crippen LogP) is 5.50. The topological polar surface area (TPSA) is 59.9 Å². The third-order valence-electron chi connectivity index (χ3n) is 5.41. The van der Waals surface area contributed by atoms with Crippen molar-refractivity contribution in [2.45, 2.75) is 72.5 Å². The molecule has 0 spiro atoms. The molecule has 1 aliphatic heterocycles. The van der Waals surface area contributed by atoms with Crippen LogP contribution in [0.5, 0.6) is 0 Å². The summed E-state index contributed by atoms with van der Waals surface area (Å²) in [6.45, 7) is 12.6. The van der Waals surface area contributed by atoms with Gasteiger partial charge in [-0.05, 0) is 38.2 Å². The fourth-order valence-corrected chi connectivity index (χ4v) is 5.07. The predicted molar refractivity (Wildman–Crippen MR) is 117 cm³/mol. The summed E-state index contributed by atoms with van der Waals surface area (Å²) in [4.78, 5) is 15.4. The lowest BCUT2D eigenvalue weighted by molar-refractivity contribution is -0.0401. The lowest BCUT2D eigenvalue weighted by Crippen LogP contribution is -2.32. The third kappa shape index (κ3) is 3.60. The van der Waals surface area contributed by atoms with Crippen LogP contribution in [0.1, 0.15) is 64.3 Å². The van der Waals surface area contributed by atoms with Crippen LogP contribution in [0.3, 0.4) is 0 Å². The van der Waals surface area contributed by atoms with Gasteiger partial charge in [-0.1, -0.05) is 27.2 Å². The molecule has 0 saturated carbocycles. The number of fused-ring (bicyclic) bond motifs is 5. The van der Waals surface area contributed by atoms with Crippen LogP contribution in [0.15, 0.2) is 6.33 Å². The van der Waals surface area contributed by atoms with Gasteiger partial charge >= 0.3 is 0 Å². The second-order valence-electron chi connectivity index (χ2n) is 8.78. The molecular weight excluding hydrogens is 368 g/mol. The van der Waals surface area contributed by atoms with E-state index in [0.717, 1.165) is 53.1 Å². The molecule has 0 saturated heterocycles. The summed E-state index contributed by atoms with van der Waals surface area (Å²) in [7, 11) is 0. The Morgan fingerprint density at radius 1 is 1.25 bits per heavy atom. The summed E-state index contributed by atoms with van der Waals surface area (Å²) in [5, 5.41) is 4.73. The first-order valence-corrected chi connectivity index (χ1v) is 11.2. The molecule has 3 aromatic rings. The number of pyridine rings is 1. The Hall–Kier alpha value is -1.79. The largest absolute Gasteiger partial charge is 0.370 e. The molecule has 0 unspecified atom stereocenters. The van der Waals surface area contributed by atoms with E-state index in [2.05, 4.69) is 49.9 Å². The van der Waals surface area contributed by atoms with Gasteiger partial charge in [-0.25, -0.2) is 15.0 Å². The fourth-order valence-electron chi connectivity index (χ4n) is 3.92. The summed E-state index contributed by atoms with van der Waals surface area (Å²) in [6.07, 6.45) is 5.77. The van der Waals surface area contributed by atoms with Crippen LogP contribution in [0, 0.1) is 5.92 Å². The zero-order valence-electron chi connectivity index (χ0n) is 17.6. The molecule has 150 valence electrons. The highest BCUT2D eigenvalue weighted by molar-refractivity contribution is 7.26. The molecule has 0 bridgehead atoms. The Kier molecular flexibility index (Phi) is 5.27. The van der Waals surface area contributed by atoms with E-state index in [4.69, 9.17) is 9.72 Å². The van der Waals surface area contributed by atoms with Crippen LogP contribution in [0.25, 0.3) is 20.4 Å². The molecule has 0 radical (unpaired) electrons. The lowest BCUT2D eigenvalue weighted by atomic mass is 9.88. The second kappa shape index (κ2) is 7.56. The number of nitrogens with zero attached hydrogens (tertiary/aromatic N) is 3. The van der Waals surface area contributed by atoms with Crippen molar-refractivity contribution in [3.63, 3.8) is 0 Å². The molecular formula is C22H30N4OS. The van der Waals surface area contributed by atoms with Crippen molar-refractivity contribution in [2.75, 3.05) is 11.9 Å². The van der Waals surface area contributed by atoms with Crippen molar-refractivity contribution in [3.8, 4) is 0 Å². The van der Waals surface area contributed by atoms with Gasteiger partial charge in [0, 0.05) is 29.6 Å². The Morgan fingerprint density at radius 2 is 2.07 bits per heavy atom. The first kappa shape index (κ1) is 19.5. The van der Waals surface area contributed by atoms with Crippen molar-refractivity contribution in [3.05, 3.63) is 23.1 Å². The first-order valence-electron chi connectivity index (χ1n) is 10.3. The number of rotatable bonds is 6. The monoisotopic (exact) mass is 398 g/mol. The number of anilines is 1. The SMILES string of the molecule is CCCc1nc2sc3c(NCCC(C)C)ncnc3c2c2c1COC(C)(C)C2. The Morgan fingerprint density at radius 3 is 2.82 bits per heavy atom. The second-order valence-corrected chi connectivity index (χ2v) is 9.78. The van der Waals surface area contributed by atoms with Gasteiger partial charge in [0.15, 0.2) is 0 Å². The summed E-state index contributed by atoms with van der Waals surface area (Å²) in [5.74, 6) is 1.60. The quantitative estimate of drug-likeness (QED) is 0.594. The van der Waals surface area contributed by atoms with Gasteiger partial charge < -0.3 is 10.1 Å². The minimum Gasteiger partial charge on any atom is -0.370 e. The normalized spacial score (nSPS) is 16.1. The van der Waals surface area contributed by atoms with Crippen molar-refractivity contribution in [2.24, 2.45) is 5.92 Å². The maximum absolute atomic E-state index is 6.13. The number of hydrogen-bond acceptors (Lipinski definition) is 6. The van der Waals surface area contributed by atoms with Gasteiger partial charge in [-0.2, -0.15) is 0 Å². The molecule has 6 heteroatoms. The van der Waals surface area contributed by atoms with E-state index in [-0.39, 0.29) is 5.60 Å². The maximum Gasteiger partial charge on any atom is 0.147 e. The highest BCUT2D eigenvalue weighted by Crippen LogP contribution is 2.42. The van der Waals surface area contributed by atoms with Crippen molar-refractivity contribution in [1.29, 1.82) is 0 Å². The van der Waals surface area contributed by atoms with Crippen LogP contribution < -0.4 is 5.32 Å². The molecule has 4 heterocycles. The third-order valence-corrected chi connectivity index (χ3v) is 6.49. The van der Waals surface area contributed by atoms with Crippen LogP contribution in [0.4, 0.5) is 5.82 Å². The zero-order valence-corrected chi connectivity index (χ0v) is 18.4. The van der Waals surface area contributed by atoms with Gasteiger partial charge in [0.05, 0.1) is 22.4 Å². The average Bonchev–Trinajstić information content (AvgIpc) is 3.00. The summed E-state index contributed by atoms with van der Waals surface area (Å²) >= 11 is 1.72. The van der Waals surface area contributed by atoms with Crippen molar-refractivity contribution >= 4 is 37.6 Å². The number of aromatic nitrogens is 3. The number of nitrogens with one attached hydrogen (secondary N) is 1. The number of hydrogen-bond donors (Lipinski definition) is 1. The molecule has 1 aliphatic rings. The molecule has 0 aliphatic carbocycles. The molecule has 28 heavy (non-hydrogen) atoms. The molecule has 5 nitrogen and oxygen atoms in total. The van der Waals surface area contributed by atoms with Gasteiger partial charge in [0.1, 0.15) is 17.0 Å². The molecule has 1 N–H and O–H groups in total. The molecule has 0 fully saturated rings. The van der Waals surface area contributed by atoms with E-state index in [0.29, 0.717) is 12.5 Å². The van der Waals surface area contributed by atoms with Crippen LogP contribution >= 0.6 is 11.3 Å². The maximum atomic E-state index is 6.13. The van der Waals surface area contributed by atoms with Crippen molar-refractivity contribution < 1.29 is 4.74 Å². The van der Waals surface area contributed by atoms with Gasteiger partial charge in [-0.15, -0.1) is 11.3 Å². The Balaban J connectivity index is 1.88. The summed E-state index contributed by atoms with van der Waals surface area (Å²) in [6, 6.07) is 0. The van der Waals surface area contributed by atoms with Gasteiger partial charge in [-0.3, -0.25) is 0 Å². The van der Waals surface area contributed by atoms with Gasteiger partial charge in [0.2, 0.25) is 0 Å². The summed E-state index contributed by atoms with van der Waals surface area (Å²) in [5.41, 5.74) is 4.72. The number of thiophene rings is 1. The molecule has 0 atom stereocenters. The van der Waals surface area contributed by atoms with Crippen LogP contribution in [-0.4, -0.2) is 27.1 Å². The van der Waals surface area contributed by atoms with E-state index in [1.54, 1.807) is 17.7 Å². The fraction of sp³-hybridized carbons (Fsp3) is 0.591. The molecule has 4 rings (SSSR count). The van der Waals surface area contributed by atoms with E-state index < -0.39 is 0 Å². The standard InChI is InChI=1S/C22H30N4OS/c1-6-7-16-15-11-27-22(4,5)10-14(15)17-18-19(28-21(17)26-16)20(25-12-24-18)23-9-8-13(2)3/h12-13H,6-11H2,1-5H3,(H,23,24,25). The first-order chi connectivity index (χ1) is 13.4. The number of aryl methyl sites for hydroxylation is 1.